The van der Waals surface area contributed by atoms with Gasteiger partial charge in [0.2, 0.25) is 0 Å². The summed E-state index contributed by atoms with van der Waals surface area (Å²) in [5.74, 6) is 0. The van der Waals surface area contributed by atoms with Gasteiger partial charge in [-0.1, -0.05) is 65.5 Å². The highest BCUT2D eigenvalue weighted by Gasteiger charge is 2.35. The molecule has 0 heterocycles. The van der Waals surface area contributed by atoms with E-state index in [1.165, 1.54) is 82.6 Å². The summed E-state index contributed by atoms with van der Waals surface area (Å²) in [5.41, 5.74) is 7.57. The van der Waals surface area contributed by atoms with Gasteiger partial charge in [0.15, 0.2) is 0 Å². The first-order valence-corrected chi connectivity index (χ1v) is 11.3. The second-order valence-electron chi connectivity index (χ2n) is 10.6. The lowest BCUT2D eigenvalue weighted by atomic mass is 9.88. The maximum Gasteiger partial charge on any atom is -0.0273 e. The first-order chi connectivity index (χ1) is 12.2. The molecule has 0 nitrogen and oxygen atoms in total. The van der Waals surface area contributed by atoms with Crippen LogP contribution < -0.4 is 0 Å². The largest absolute Gasteiger partial charge is 0.0602 e. The molecule has 26 heavy (non-hydrogen) atoms. The summed E-state index contributed by atoms with van der Waals surface area (Å²) in [4.78, 5) is 0. The highest BCUT2D eigenvalue weighted by Crippen LogP contribution is 2.49. The fourth-order valence-electron chi connectivity index (χ4n) is 4.15. The molecule has 0 spiro atoms. The Balaban J connectivity index is 1.79. The van der Waals surface area contributed by atoms with Gasteiger partial charge < -0.3 is 0 Å². The fraction of sp³-hybridized carbons (Fsp3) is 0.769. The number of hydrogen-bond donors (Lipinski definition) is 0. The van der Waals surface area contributed by atoms with E-state index in [0.29, 0.717) is 5.41 Å². The molecular weight excluding hydrogens is 312 g/mol. The van der Waals surface area contributed by atoms with Crippen LogP contribution in [0.25, 0.3) is 0 Å². The Morgan fingerprint density at radius 2 is 1.50 bits per heavy atom. The van der Waals surface area contributed by atoms with Gasteiger partial charge in [-0.15, -0.1) is 0 Å². The van der Waals surface area contributed by atoms with Crippen LogP contribution in [0.2, 0.25) is 0 Å². The standard InChI is InChI=1S/C26H44/c1-21-15-16-23(13-9-7-11-17-25(3,4)5)24(22(21)2)14-10-8-12-18-26(6)19-20-26/h15-16H,7-14,17-20H2,1-6H3. The van der Waals surface area contributed by atoms with Crippen molar-refractivity contribution in [3.05, 3.63) is 34.4 Å². The molecule has 148 valence electrons. The maximum absolute atomic E-state index is 2.47. The Bertz CT molecular complexity index is 554. The molecule has 0 unspecified atom stereocenters. The average molecular weight is 357 g/mol. The molecule has 1 fully saturated rings. The van der Waals surface area contributed by atoms with Crippen LogP contribution in [0.3, 0.4) is 0 Å². The van der Waals surface area contributed by atoms with Crippen molar-refractivity contribution in [2.75, 3.05) is 0 Å². The SMILES string of the molecule is Cc1ccc(CCCCCC(C)(C)C)c(CCCCCC2(C)CC2)c1C. The number of rotatable bonds is 11. The number of aryl methyl sites for hydroxylation is 2. The molecule has 1 aromatic rings. The molecule has 0 amide bonds. The second kappa shape index (κ2) is 9.43. The number of unbranched alkanes of at least 4 members (excludes halogenated alkanes) is 4. The van der Waals surface area contributed by atoms with E-state index in [-0.39, 0.29) is 0 Å². The molecule has 0 heteroatoms. The van der Waals surface area contributed by atoms with Crippen molar-refractivity contribution in [2.45, 2.75) is 119 Å². The van der Waals surface area contributed by atoms with Crippen LogP contribution in [0, 0.1) is 24.7 Å². The summed E-state index contributed by atoms with van der Waals surface area (Å²) in [5, 5.41) is 0. The third-order valence-electron chi connectivity index (χ3n) is 6.65. The third kappa shape index (κ3) is 7.45. The molecule has 0 bridgehead atoms. The summed E-state index contributed by atoms with van der Waals surface area (Å²) in [6.07, 6.45) is 16.7. The Morgan fingerprint density at radius 1 is 0.846 bits per heavy atom. The van der Waals surface area contributed by atoms with E-state index in [9.17, 15) is 0 Å². The van der Waals surface area contributed by atoms with Crippen LogP contribution in [-0.2, 0) is 12.8 Å². The first kappa shape index (κ1) is 21.5. The topological polar surface area (TPSA) is 0 Å². The Labute approximate surface area is 164 Å². The van der Waals surface area contributed by atoms with Crippen molar-refractivity contribution in [3.8, 4) is 0 Å². The molecule has 1 aliphatic rings. The summed E-state index contributed by atoms with van der Waals surface area (Å²) in [6.45, 7) is 14.2. The normalized spacial score (nSPS) is 16.1. The van der Waals surface area contributed by atoms with Crippen molar-refractivity contribution in [1.82, 2.24) is 0 Å². The summed E-state index contributed by atoms with van der Waals surface area (Å²) in [7, 11) is 0. The van der Waals surface area contributed by atoms with Gasteiger partial charge in [-0.05, 0) is 98.3 Å². The predicted octanol–water partition coefficient (Wildman–Crippen LogP) is 8.36. The quantitative estimate of drug-likeness (QED) is 0.349. The van der Waals surface area contributed by atoms with Gasteiger partial charge in [-0.3, -0.25) is 0 Å². The van der Waals surface area contributed by atoms with Crippen LogP contribution in [0.1, 0.15) is 114 Å². The minimum Gasteiger partial charge on any atom is -0.0602 e. The van der Waals surface area contributed by atoms with Gasteiger partial charge >= 0.3 is 0 Å². The van der Waals surface area contributed by atoms with E-state index in [2.05, 4.69) is 53.7 Å². The molecule has 1 aliphatic carbocycles. The van der Waals surface area contributed by atoms with Gasteiger partial charge in [-0.2, -0.15) is 0 Å². The number of hydrogen-bond acceptors (Lipinski definition) is 0. The lowest BCUT2D eigenvalue weighted by molar-refractivity contribution is 0.358. The van der Waals surface area contributed by atoms with Crippen LogP contribution >= 0.6 is 0 Å². The summed E-state index contributed by atoms with van der Waals surface area (Å²) in [6, 6.07) is 4.77. The molecule has 0 aromatic heterocycles. The molecule has 0 radical (unpaired) electrons. The van der Waals surface area contributed by atoms with Gasteiger partial charge in [0, 0.05) is 0 Å². The van der Waals surface area contributed by atoms with E-state index in [1.54, 1.807) is 16.7 Å². The van der Waals surface area contributed by atoms with E-state index in [4.69, 9.17) is 0 Å². The fourth-order valence-corrected chi connectivity index (χ4v) is 4.15. The summed E-state index contributed by atoms with van der Waals surface area (Å²) < 4.78 is 0. The highest BCUT2D eigenvalue weighted by molar-refractivity contribution is 5.40. The van der Waals surface area contributed by atoms with Crippen LogP contribution in [-0.4, -0.2) is 0 Å². The predicted molar refractivity (Wildman–Crippen MR) is 117 cm³/mol. The lowest BCUT2D eigenvalue weighted by Crippen LogP contribution is -2.04. The monoisotopic (exact) mass is 356 g/mol. The molecule has 0 saturated heterocycles. The van der Waals surface area contributed by atoms with Gasteiger partial charge in [0.25, 0.3) is 0 Å². The molecular formula is C26H44. The maximum atomic E-state index is 2.47. The second-order valence-corrected chi connectivity index (χ2v) is 10.6. The molecule has 2 rings (SSSR count). The van der Waals surface area contributed by atoms with Crippen molar-refractivity contribution in [3.63, 3.8) is 0 Å². The van der Waals surface area contributed by atoms with Crippen molar-refractivity contribution < 1.29 is 0 Å². The van der Waals surface area contributed by atoms with Crippen LogP contribution in [0.15, 0.2) is 12.1 Å². The smallest absolute Gasteiger partial charge is 0.0273 e. The van der Waals surface area contributed by atoms with Crippen molar-refractivity contribution in [2.24, 2.45) is 10.8 Å². The first-order valence-electron chi connectivity index (χ1n) is 11.3. The molecule has 1 aromatic carbocycles. The van der Waals surface area contributed by atoms with Gasteiger partial charge in [-0.25, -0.2) is 0 Å². The zero-order valence-electron chi connectivity index (χ0n) is 18.6. The minimum absolute atomic E-state index is 0.489. The average Bonchev–Trinajstić information content (AvgIpc) is 3.29. The third-order valence-corrected chi connectivity index (χ3v) is 6.65. The molecule has 0 aliphatic heterocycles. The Kier molecular flexibility index (Phi) is 7.80. The van der Waals surface area contributed by atoms with E-state index < -0.39 is 0 Å². The Hall–Kier alpha value is -0.780. The van der Waals surface area contributed by atoms with Gasteiger partial charge in [0.05, 0.1) is 0 Å². The molecule has 0 atom stereocenters. The van der Waals surface area contributed by atoms with Crippen LogP contribution in [0.5, 0.6) is 0 Å². The van der Waals surface area contributed by atoms with Crippen molar-refractivity contribution >= 4 is 0 Å². The summed E-state index contributed by atoms with van der Waals surface area (Å²) >= 11 is 0. The van der Waals surface area contributed by atoms with Crippen LogP contribution in [0.4, 0.5) is 0 Å². The molecule has 0 N–H and O–H groups in total. The lowest BCUT2D eigenvalue weighted by Gasteiger charge is -2.18. The zero-order valence-corrected chi connectivity index (χ0v) is 18.6. The highest BCUT2D eigenvalue weighted by atomic mass is 14.4. The zero-order chi connectivity index (χ0) is 19.2. The van der Waals surface area contributed by atoms with E-state index in [0.717, 1.165) is 5.41 Å². The van der Waals surface area contributed by atoms with E-state index in [1.807, 2.05) is 0 Å². The van der Waals surface area contributed by atoms with E-state index >= 15 is 0 Å². The van der Waals surface area contributed by atoms with Gasteiger partial charge in [0.1, 0.15) is 0 Å². The Morgan fingerprint density at radius 3 is 2.15 bits per heavy atom. The minimum atomic E-state index is 0.489. The van der Waals surface area contributed by atoms with Crippen molar-refractivity contribution in [1.29, 1.82) is 0 Å². The molecule has 1 saturated carbocycles. The number of benzene rings is 1.